The number of hydrogen-bond acceptors (Lipinski definition) is 2. The number of aryl methyl sites for hydroxylation is 2. The molecule has 1 aliphatic heterocycles. The second kappa shape index (κ2) is 6.84. The largest absolute Gasteiger partial charge is 0.328 e. The van der Waals surface area contributed by atoms with Gasteiger partial charge in [-0.25, -0.2) is 4.39 Å². The lowest BCUT2D eigenvalue weighted by atomic mass is 10.1. The molecular weight excluding hydrogens is 343 g/mol. The van der Waals surface area contributed by atoms with Crippen LogP contribution in [0.2, 0.25) is 5.02 Å². The number of halogens is 2. The molecule has 1 saturated heterocycles. The van der Waals surface area contributed by atoms with Crippen LogP contribution in [0.15, 0.2) is 36.4 Å². The van der Waals surface area contributed by atoms with Crippen LogP contribution in [0, 0.1) is 19.7 Å². The molecule has 1 heterocycles. The lowest BCUT2D eigenvalue weighted by molar-refractivity contribution is -0.120. The van der Waals surface area contributed by atoms with E-state index in [0.717, 1.165) is 28.9 Å². The predicted molar refractivity (Wildman–Crippen MR) is 95.6 cm³/mol. The van der Waals surface area contributed by atoms with Crippen molar-refractivity contribution in [3.05, 3.63) is 63.9 Å². The van der Waals surface area contributed by atoms with Crippen molar-refractivity contribution in [3.8, 4) is 0 Å². The fraction of sp³-hybridized carbons (Fsp3) is 0.263. The van der Waals surface area contributed by atoms with E-state index in [-0.39, 0.29) is 23.0 Å². The first kappa shape index (κ1) is 17.4. The van der Waals surface area contributed by atoms with Crippen molar-refractivity contribution in [2.24, 2.45) is 0 Å². The van der Waals surface area contributed by atoms with Gasteiger partial charge in [0, 0.05) is 29.4 Å². The van der Waals surface area contributed by atoms with Gasteiger partial charge in [-0.2, -0.15) is 0 Å². The SMILES string of the molecule is Cc1cc(C)cc(N2CCN(C(=O)c3cc(F)cc(Cl)c3)CC2=O)c1. The van der Waals surface area contributed by atoms with Crippen LogP contribution in [-0.2, 0) is 4.79 Å². The maximum absolute atomic E-state index is 13.5. The van der Waals surface area contributed by atoms with Gasteiger partial charge in [0.15, 0.2) is 0 Å². The Kier molecular flexibility index (Phi) is 4.77. The number of piperazine rings is 1. The maximum Gasteiger partial charge on any atom is 0.254 e. The molecule has 1 aliphatic rings. The molecule has 0 saturated carbocycles. The molecule has 0 atom stereocenters. The molecule has 6 heteroatoms. The number of hydrogen-bond donors (Lipinski definition) is 0. The van der Waals surface area contributed by atoms with Crippen LogP contribution in [0.1, 0.15) is 21.5 Å². The Hall–Kier alpha value is -2.40. The van der Waals surface area contributed by atoms with Crippen LogP contribution < -0.4 is 4.90 Å². The second-order valence-corrected chi connectivity index (χ2v) is 6.71. The number of carbonyl (C=O) groups excluding carboxylic acids is 2. The minimum absolute atomic E-state index is 0.0417. The van der Waals surface area contributed by atoms with Crippen LogP contribution in [-0.4, -0.2) is 36.3 Å². The summed E-state index contributed by atoms with van der Waals surface area (Å²) in [6.07, 6.45) is 0. The number of carbonyl (C=O) groups is 2. The zero-order valence-electron chi connectivity index (χ0n) is 14.1. The third-order valence-corrected chi connectivity index (χ3v) is 4.35. The van der Waals surface area contributed by atoms with Crippen LogP contribution in [0.5, 0.6) is 0 Å². The van der Waals surface area contributed by atoms with E-state index < -0.39 is 11.7 Å². The standard InChI is InChI=1S/C19H18ClFN2O2/c1-12-5-13(2)7-17(6-12)23-4-3-22(11-18(23)24)19(25)14-8-15(20)10-16(21)9-14/h5-10H,3-4,11H2,1-2H3. The average molecular weight is 361 g/mol. The zero-order chi connectivity index (χ0) is 18.1. The lowest BCUT2D eigenvalue weighted by Gasteiger charge is -2.34. The molecule has 0 N–H and O–H groups in total. The molecule has 0 unspecified atom stereocenters. The molecule has 2 amide bonds. The normalized spacial score (nSPS) is 14.8. The van der Waals surface area contributed by atoms with E-state index >= 15 is 0 Å². The van der Waals surface area contributed by atoms with Crippen LogP contribution in [0.3, 0.4) is 0 Å². The van der Waals surface area contributed by atoms with Crippen LogP contribution in [0.4, 0.5) is 10.1 Å². The van der Waals surface area contributed by atoms with E-state index in [4.69, 9.17) is 11.6 Å². The molecule has 3 rings (SSSR count). The number of nitrogens with zero attached hydrogens (tertiary/aromatic N) is 2. The Balaban J connectivity index is 1.77. The predicted octanol–water partition coefficient (Wildman–Crippen LogP) is 3.58. The average Bonchev–Trinajstić information content (AvgIpc) is 2.52. The quantitative estimate of drug-likeness (QED) is 0.821. The third kappa shape index (κ3) is 3.82. The summed E-state index contributed by atoms with van der Waals surface area (Å²) in [5.74, 6) is -1.13. The van der Waals surface area contributed by atoms with E-state index in [2.05, 4.69) is 0 Å². The summed E-state index contributed by atoms with van der Waals surface area (Å²) in [6, 6.07) is 9.63. The minimum atomic E-state index is -0.573. The van der Waals surface area contributed by atoms with E-state index in [9.17, 15) is 14.0 Å². The molecule has 0 radical (unpaired) electrons. The van der Waals surface area contributed by atoms with Crippen molar-refractivity contribution in [3.63, 3.8) is 0 Å². The molecule has 0 aromatic heterocycles. The van der Waals surface area contributed by atoms with Gasteiger partial charge >= 0.3 is 0 Å². The maximum atomic E-state index is 13.5. The molecule has 25 heavy (non-hydrogen) atoms. The summed E-state index contributed by atoms with van der Waals surface area (Å²) in [5, 5.41) is 0.156. The number of benzene rings is 2. The van der Waals surface area contributed by atoms with E-state index in [1.807, 2.05) is 32.0 Å². The van der Waals surface area contributed by atoms with E-state index in [1.54, 1.807) is 4.90 Å². The number of rotatable bonds is 2. The molecule has 2 aromatic carbocycles. The van der Waals surface area contributed by atoms with E-state index in [1.165, 1.54) is 11.0 Å². The van der Waals surface area contributed by atoms with Gasteiger partial charge in [-0.05, 0) is 55.3 Å². The highest BCUT2D eigenvalue weighted by atomic mass is 35.5. The zero-order valence-corrected chi connectivity index (χ0v) is 14.8. The van der Waals surface area contributed by atoms with Crippen molar-refractivity contribution in [1.82, 2.24) is 4.90 Å². The fourth-order valence-corrected chi connectivity index (χ4v) is 3.31. The number of anilines is 1. The minimum Gasteiger partial charge on any atom is -0.328 e. The summed E-state index contributed by atoms with van der Waals surface area (Å²) in [4.78, 5) is 28.2. The highest BCUT2D eigenvalue weighted by Crippen LogP contribution is 2.22. The van der Waals surface area contributed by atoms with Crippen LogP contribution >= 0.6 is 11.6 Å². The van der Waals surface area contributed by atoms with Crippen molar-refractivity contribution < 1.29 is 14.0 Å². The Morgan fingerprint density at radius 3 is 2.32 bits per heavy atom. The fourth-order valence-electron chi connectivity index (χ4n) is 3.09. The molecule has 0 aliphatic carbocycles. The smallest absolute Gasteiger partial charge is 0.254 e. The Labute approximate surface area is 150 Å². The van der Waals surface area contributed by atoms with Crippen molar-refractivity contribution in [2.45, 2.75) is 13.8 Å². The third-order valence-electron chi connectivity index (χ3n) is 4.14. The number of amides is 2. The molecular formula is C19H18ClFN2O2. The molecule has 4 nitrogen and oxygen atoms in total. The Bertz CT molecular complexity index is 813. The van der Waals surface area contributed by atoms with Crippen LogP contribution in [0.25, 0.3) is 0 Å². The van der Waals surface area contributed by atoms with E-state index in [0.29, 0.717) is 13.1 Å². The highest BCUT2D eigenvalue weighted by molar-refractivity contribution is 6.31. The van der Waals surface area contributed by atoms with Crippen molar-refractivity contribution in [1.29, 1.82) is 0 Å². The van der Waals surface area contributed by atoms with Gasteiger partial charge in [-0.1, -0.05) is 17.7 Å². The topological polar surface area (TPSA) is 40.6 Å². The van der Waals surface area contributed by atoms with Gasteiger partial charge in [0.05, 0.1) is 0 Å². The van der Waals surface area contributed by atoms with Gasteiger partial charge in [0.1, 0.15) is 12.4 Å². The summed E-state index contributed by atoms with van der Waals surface area (Å²) < 4.78 is 13.5. The highest BCUT2D eigenvalue weighted by Gasteiger charge is 2.29. The van der Waals surface area contributed by atoms with Gasteiger partial charge in [-0.3, -0.25) is 9.59 Å². The Morgan fingerprint density at radius 2 is 1.72 bits per heavy atom. The molecule has 130 valence electrons. The van der Waals surface area contributed by atoms with Gasteiger partial charge in [0.25, 0.3) is 5.91 Å². The molecule has 2 aromatic rings. The summed E-state index contributed by atoms with van der Waals surface area (Å²) in [5.41, 5.74) is 3.15. The molecule has 0 spiro atoms. The summed E-state index contributed by atoms with van der Waals surface area (Å²) in [6.45, 7) is 4.70. The summed E-state index contributed by atoms with van der Waals surface area (Å²) in [7, 11) is 0. The Morgan fingerprint density at radius 1 is 1.04 bits per heavy atom. The molecule has 1 fully saturated rings. The monoisotopic (exact) mass is 360 g/mol. The van der Waals surface area contributed by atoms with Gasteiger partial charge in [0.2, 0.25) is 5.91 Å². The van der Waals surface area contributed by atoms with Gasteiger partial charge < -0.3 is 9.80 Å². The lowest BCUT2D eigenvalue weighted by Crippen LogP contribution is -2.52. The first-order valence-electron chi connectivity index (χ1n) is 7.97. The van der Waals surface area contributed by atoms with Crippen molar-refractivity contribution in [2.75, 3.05) is 24.5 Å². The first-order chi connectivity index (χ1) is 11.8. The summed E-state index contributed by atoms with van der Waals surface area (Å²) >= 11 is 5.81. The molecule has 0 bridgehead atoms. The second-order valence-electron chi connectivity index (χ2n) is 6.28. The van der Waals surface area contributed by atoms with Crippen molar-refractivity contribution >= 4 is 29.1 Å². The van der Waals surface area contributed by atoms with Gasteiger partial charge in [-0.15, -0.1) is 0 Å². The first-order valence-corrected chi connectivity index (χ1v) is 8.35.